The first-order valence-electron chi connectivity index (χ1n) is 10.1. The molecule has 0 aliphatic carbocycles. The Hall–Kier alpha value is -3.16. The van der Waals surface area contributed by atoms with Gasteiger partial charge < -0.3 is 19.3 Å². The Balaban J connectivity index is -0.000000166. The lowest BCUT2D eigenvalue weighted by molar-refractivity contribution is -0.139. The van der Waals surface area contributed by atoms with Gasteiger partial charge >= 0.3 is 23.9 Å². The Labute approximate surface area is 192 Å². The van der Waals surface area contributed by atoms with Crippen molar-refractivity contribution in [3.63, 3.8) is 0 Å². The van der Waals surface area contributed by atoms with Crippen molar-refractivity contribution in [2.45, 2.75) is 60.3 Å². The van der Waals surface area contributed by atoms with Crippen LogP contribution in [0.4, 0.5) is 0 Å². The van der Waals surface area contributed by atoms with Crippen LogP contribution in [0.3, 0.4) is 0 Å². The summed E-state index contributed by atoms with van der Waals surface area (Å²) in [6, 6.07) is 0. The first-order valence-corrected chi connectivity index (χ1v) is 10.1. The quantitative estimate of drug-likeness (QED) is 0.216. The van der Waals surface area contributed by atoms with E-state index >= 15 is 0 Å². The summed E-state index contributed by atoms with van der Waals surface area (Å²) in [5, 5.41) is 7.89. The van der Waals surface area contributed by atoms with Crippen LogP contribution < -0.4 is 0 Å². The Kier molecular flexibility index (Phi) is 29.3. The molecule has 0 unspecified atom stereocenters. The van der Waals surface area contributed by atoms with Crippen molar-refractivity contribution in [1.82, 2.24) is 0 Å². The lowest BCUT2D eigenvalue weighted by atomic mass is 10.3. The molecular formula is C24H40O8. The highest BCUT2D eigenvalue weighted by atomic mass is 16.5. The number of aliphatic carboxylic acids is 1. The van der Waals surface area contributed by atoms with Gasteiger partial charge in [-0.15, -0.1) is 0 Å². The number of carboxylic acid groups (broad SMARTS) is 1. The second-order valence-corrected chi connectivity index (χ2v) is 6.35. The highest BCUT2D eigenvalue weighted by Gasteiger charge is 2.00. The van der Waals surface area contributed by atoms with Crippen LogP contribution in [-0.4, -0.2) is 49.3 Å². The van der Waals surface area contributed by atoms with E-state index in [1.165, 1.54) is 20.1 Å². The van der Waals surface area contributed by atoms with E-state index in [1.54, 1.807) is 13.8 Å². The fourth-order valence-corrected chi connectivity index (χ4v) is 0.983. The largest absolute Gasteiger partial charge is 0.478 e. The summed E-state index contributed by atoms with van der Waals surface area (Å²) in [4.78, 5) is 40.8. The number of esters is 3. The van der Waals surface area contributed by atoms with E-state index in [-0.39, 0.29) is 23.5 Å². The van der Waals surface area contributed by atoms with Gasteiger partial charge in [0.2, 0.25) is 0 Å². The fraction of sp³-hybridized carbons (Fsp3) is 0.500. The van der Waals surface area contributed by atoms with E-state index in [2.05, 4.69) is 42.7 Å². The Morgan fingerprint density at radius 1 is 0.781 bits per heavy atom. The topological polar surface area (TPSA) is 116 Å². The van der Waals surface area contributed by atoms with Gasteiger partial charge in [0.05, 0.1) is 20.3 Å². The van der Waals surface area contributed by atoms with Crippen LogP contribution in [-0.2, 0) is 33.4 Å². The van der Waals surface area contributed by atoms with Crippen LogP contribution in [0, 0.1) is 0 Å². The van der Waals surface area contributed by atoms with E-state index in [0.29, 0.717) is 24.4 Å². The Bertz CT molecular complexity index is 605. The summed E-state index contributed by atoms with van der Waals surface area (Å²) < 4.78 is 13.8. The smallest absolute Gasteiger partial charge is 0.333 e. The third kappa shape index (κ3) is 34.4. The van der Waals surface area contributed by atoms with Crippen molar-refractivity contribution in [3.05, 3.63) is 49.1 Å². The van der Waals surface area contributed by atoms with E-state index in [4.69, 9.17) is 9.84 Å². The monoisotopic (exact) mass is 456 g/mol. The summed E-state index contributed by atoms with van der Waals surface area (Å²) in [6.45, 7) is 23.1. The third-order valence-electron chi connectivity index (χ3n) is 2.89. The van der Waals surface area contributed by atoms with Crippen molar-refractivity contribution in [2.24, 2.45) is 0 Å². The van der Waals surface area contributed by atoms with Gasteiger partial charge in [-0.05, 0) is 33.6 Å². The SMILES string of the molecule is C=C(C)C(=O)O.C=C(C)C(=O)OC.C=C(C)C(=O)OCCCC.C=CC(=O)OCCCC. The second-order valence-electron chi connectivity index (χ2n) is 6.35. The minimum absolute atomic E-state index is 0.176. The summed E-state index contributed by atoms with van der Waals surface area (Å²) in [7, 11) is 1.33. The molecule has 0 spiro atoms. The number of methoxy groups -OCH3 is 1. The zero-order valence-corrected chi connectivity index (χ0v) is 20.5. The van der Waals surface area contributed by atoms with Crippen molar-refractivity contribution < 1.29 is 38.5 Å². The van der Waals surface area contributed by atoms with Crippen LogP contribution in [0.1, 0.15) is 60.3 Å². The molecule has 0 rings (SSSR count). The molecule has 32 heavy (non-hydrogen) atoms. The average Bonchev–Trinajstić information content (AvgIpc) is 2.74. The van der Waals surface area contributed by atoms with Crippen LogP contribution >= 0.6 is 0 Å². The molecule has 0 amide bonds. The highest BCUT2D eigenvalue weighted by Crippen LogP contribution is 1.94. The number of unbranched alkanes of at least 4 members (excludes halogenated alkanes) is 2. The predicted molar refractivity (Wildman–Crippen MR) is 126 cm³/mol. The molecule has 0 fully saturated rings. The van der Waals surface area contributed by atoms with Crippen LogP contribution in [0.2, 0.25) is 0 Å². The van der Waals surface area contributed by atoms with E-state index in [9.17, 15) is 19.2 Å². The molecule has 0 radical (unpaired) electrons. The van der Waals surface area contributed by atoms with Gasteiger partial charge in [0.1, 0.15) is 0 Å². The van der Waals surface area contributed by atoms with Crippen LogP contribution in [0.25, 0.3) is 0 Å². The molecule has 0 saturated carbocycles. The standard InChI is InChI=1S/C8H14O2.C7H12O2.C5H8O2.C4H6O2/c1-4-5-6-10-8(9)7(2)3;1-3-5-6-9-7(8)4-2;1-4(2)5(6)7-3;1-3(2)4(5)6/h2,4-6H2,1,3H3;4H,2-3,5-6H2,1H3;1H2,2-3H3;1H2,2H3,(H,5,6). The minimum atomic E-state index is -0.935. The number of carbonyl (C=O) groups is 4. The molecule has 0 saturated heterocycles. The maximum atomic E-state index is 10.7. The van der Waals surface area contributed by atoms with Gasteiger partial charge in [-0.25, -0.2) is 19.2 Å². The number of ether oxygens (including phenoxy) is 3. The number of hydrogen-bond donors (Lipinski definition) is 1. The van der Waals surface area contributed by atoms with E-state index in [0.717, 1.165) is 25.7 Å². The number of hydrogen-bond acceptors (Lipinski definition) is 7. The second kappa shape index (κ2) is 25.9. The third-order valence-corrected chi connectivity index (χ3v) is 2.89. The fourth-order valence-electron chi connectivity index (χ4n) is 0.983. The maximum absolute atomic E-state index is 10.7. The highest BCUT2D eigenvalue weighted by molar-refractivity contribution is 5.87. The molecule has 0 heterocycles. The van der Waals surface area contributed by atoms with Gasteiger partial charge in [-0.1, -0.05) is 53.0 Å². The van der Waals surface area contributed by atoms with Crippen LogP contribution in [0.15, 0.2) is 49.1 Å². The summed E-state index contributed by atoms with van der Waals surface area (Å²) in [6.07, 6.45) is 5.13. The van der Waals surface area contributed by atoms with Gasteiger partial charge in [-0.3, -0.25) is 0 Å². The first kappa shape index (κ1) is 36.2. The number of carbonyl (C=O) groups excluding carboxylic acids is 3. The predicted octanol–water partition coefficient (Wildman–Crippen LogP) is 4.80. The van der Waals surface area contributed by atoms with Gasteiger partial charge in [-0.2, -0.15) is 0 Å². The van der Waals surface area contributed by atoms with Crippen LogP contribution in [0.5, 0.6) is 0 Å². The molecule has 0 aliphatic heterocycles. The van der Waals surface area contributed by atoms with Gasteiger partial charge in [0.15, 0.2) is 0 Å². The lowest BCUT2D eigenvalue weighted by Crippen LogP contribution is -2.05. The first-order chi connectivity index (χ1) is 14.8. The number of rotatable bonds is 10. The Morgan fingerprint density at radius 3 is 1.38 bits per heavy atom. The molecule has 1 N–H and O–H groups in total. The van der Waals surface area contributed by atoms with Gasteiger partial charge in [0, 0.05) is 22.8 Å². The lowest BCUT2D eigenvalue weighted by Gasteiger charge is -2.01. The van der Waals surface area contributed by atoms with E-state index < -0.39 is 5.97 Å². The zero-order valence-electron chi connectivity index (χ0n) is 20.5. The molecule has 0 bridgehead atoms. The molecule has 0 aromatic rings. The summed E-state index contributed by atoms with van der Waals surface area (Å²) in [5.74, 6) is -1.90. The van der Waals surface area contributed by atoms with Gasteiger partial charge in [0.25, 0.3) is 0 Å². The molecule has 0 aliphatic rings. The molecule has 0 aromatic heterocycles. The normalized spacial score (nSPS) is 8.31. The molecule has 0 atom stereocenters. The summed E-state index contributed by atoms with van der Waals surface area (Å²) >= 11 is 0. The maximum Gasteiger partial charge on any atom is 0.333 e. The zero-order chi connectivity index (χ0) is 26.1. The Morgan fingerprint density at radius 2 is 1.16 bits per heavy atom. The van der Waals surface area contributed by atoms with Crippen molar-refractivity contribution in [3.8, 4) is 0 Å². The molecule has 8 nitrogen and oxygen atoms in total. The van der Waals surface area contributed by atoms with Crippen molar-refractivity contribution in [2.75, 3.05) is 20.3 Å². The molecule has 0 aromatic carbocycles. The minimum Gasteiger partial charge on any atom is -0.478 e. The summed E-state index contributed by atoms with van der Waals surface area (Å²) in [5.41, 5.74) is 1.08. The van der Waals surface area contributed by atoms with Crippen molar-refractivity contribution in [1.29, 1.82) is 0 Å². The van der Waals surface area contributed by atoms with E-state index in [1.807, 2.05) is 6.92 Å². The average molecular weight is 457 g/mol. The molecule has 8 heteroatoms. The molecule has 184 valence electrons. The van der Waals surface area contributed by atoms with Crippen molar-refractivity contribution >= 4 is 23.9 Å². The number of carboxylic acids is 1. The molecular weight excluding hydrogens is 416 g/mol.